The van der Waals surface area contributed by atoms with Gasteiger partial charge in [-0.25, -0.2) is 10.8 Å². The van der Waals surface area contributed by atoms with Crippen LogP contribution in [0.2, 0.25) is 0 Å². The van der Waals surface area contributed by atoms with Crippen LogP contribution in [-0.4, -0.2) is 16.5 Å². The van der Waals surface area contributed by atoms with Gasteiger partial charge in [-0.05, 0) is 37.2 Å². The summed E-state index contributed by atoms with van der Waals surface area (Å²) in [5.41, 5.74) is 3.06. The van der Waals surface area contributed by atoms with Crippen LogP contribution < -0.4 is 16.6 Å². The highest BCUT2D eigenvalue weighted by Crippen LogP contribution is 2.49. The summed E-state index contributed by atoms with van der Waals surface area (Å²) in [7, 11) is 0. The van der Waals surface area contributed by atoms with Crippen LogP contribution in [0.3, 0.4) is 0 Å². The molecule has 0 saturated heterocycles. The molecule has 0 unspecified atom stereocenters. The van der Waals surface area contributed by atoms with Crippen LogP contribution in [-0.2, 0) is 6.42 Å². The Morgan fingerprint density at radius 2 is 2.14 bits per heavy atom. The summed E-state index contributed by atoms with van der Waals surface area (Å²) in [6.45, 7) is 5.41. The van der Waals surface area contributed by atoms with E-state index in [0.29, 0.717) is 11.4 Å². The van der Waals surface area contributed by atoms with E-state index in [2.05, 4.69) is 40.6 Å². The Bertz CT molecular complexity index is 632. The highest BCUT2D eigenvalue weighted by atomic mass is 32.1. The van der Waals surface area contributed by atoms with Gasteiger partial charge in [-0.15, -0.1) is 11.3 Å². The second-order valence-electron chi connectivity index (χ2n) is 5.93. The van der Waals surface area contributed by atoms with Gasteiger partial charge in [0.1, 0.15) is 10.6 Å². The first-order chi connectivity index (χ1) is 10.2. The number of anilines is 2. The minimum Gasteiger partial charge on any atom is -0.369 e. The van der Waals surface area contributed by atoms with Crippen molar-refractivity contribution >= 4 is 33.3 Å². The van der Waals surface area contributed by atoms with Crippen LogP contribution >= 0.6 is 11.3 Å². The summed E-state index contributed by atoms with van der Waals surface area (Å²) in [5.74, 6) is 6.88. The lowest BCUT2D eigenvalue weighted by Gasteiger charge is -2.16. The summed E-state index contributed by atoms with van der Waals surface area (Å²) in [6.07, 6.45) is 6.21. The molecule has 4 N–H and O–H groups in total. The number of hydrogen-bond donors (Lipinski definition) is 3. The first kappa shape index (κ1) is 14.5. The Morgan fingerprint density at radius 1 is 1.33 bits per heavy atom. The molecule has 2 aromatic heterocycles. The van der Waals surface area contributed by atoms with Crippen LogP contribution in [0.1, 0.15) is 44.4 Å². The van der Waals surface area contributed by atoms with E-state index < -0.39 is 0 Å². The number of nitrogens with zero attached hydrogens (tertiary/aromatic N) is 2. The zero-order valence-corrected chi connectivity index (χ0v) is 13.5. The lowest BCUT2D eigenvalue weighted by atomic mass is 10.0. The molecule has 114 valence electrons. The average molecular weight is 305 g/mol. The lowest BCUT2D eigenvalue weighted by Crippen LogP contribution is -2.17. The summed E-state index contributed by atoms with van der Waals surface area (Å²) in [6, 6.07) is 2.20. The Morgan fingerprint density at radius 3 is 2.76 bits per heavy atom. The number of nitrogens with one attached hydrogen (secondary N) is 2. The molecular weight excluding hydrogens is 282 g/mol. The second kappa shape index (κ2) is 5.77. The molecule has 1 aliphatic carbocycles. The third-order valence-electron chi connectivity index (χ3n) is 4.29. The third-order valence-corrected chi connectivity index (χ3v) is 5.46. The van der Waals surface area contributed by atoms with Gasteiger partial charge in [0, 0.05) is 11.4 Å². The third kappa shape index (κ3) is 2.96. The Labute approximate surface area is 129 Å². The van der Waals surface area contributed by atoms with Crippen LogP contribution in [0.4, 0.5) is 11.8 Å². The number of nitrogens with two attached hydrogens (primary N) is 1. The normalized spacial score (nSPS) is 16.1. The molecule has 0 radical (unpaired) electrons. The molecule has 3 rings (SSSR count). The number of aromatic nitrogens is 2. The molecule has 6 heteroatoms. The van der Waals surface area contributed by atoms with Gasteiger partial charge in [-0.1, -0.05) is 20.3 Å². The Balaban J connectivity index is 1.87. The SMILES string of the molecule is CCCC1(CNc2nc(NN)nc3sc(CC)cc23)CC1. The van der Waals surface area contributed by atoms with Crippen molar-refractivity contribution in [2.45, 2.75) is 46.0 Å². The topological polar surface area (TPSA) is 75.9 Å². The molecule has 0 amide bonds. The van der Waals surface area contributed by atoms with E-state index in [1.54, 1.807) is 11.3 Å². The number of fused-ring (bicyclic) bond motifs is 1. The van der Waals surface area contributed by atoms with E-state index in [1.807, 2.05) is 0 Å². The van der Waals surface area contributed by atoms with Gasteiger partial charge in [-0.3, -0.25) is 5.43 Å². The van der Waals surface area contributed by atoms with Crippen LogP contribution in [0.5, 0.6) is 0 Å². The monoisotopic (exact) mass is 305 g/mol. The zero-order chi connectivity index (χ0) is 14.9. The van der Waals surface area contributed by atoms with Crippen molar-refractivity contribution in [2.75, 3.05) is 17.3 Å². The van der Waals surface area contributed by atoms with Crippen LogP contribution in [0.15, 0.2) is 6.07 Å². The van der Waals surface area contributed by atoms with Crippen molar-refractivity contribution in [1.29, 1.82) is 0 Å². The van der Waals surface area contributed by atoms with E-state index in [4.69, 9.17) is 5.84 Å². The zero-order valence-electron chi connectivity index (χ0n) is 12.7. The number of aryl methyl sites for hydroxylation is 1. The van der Waals surface area contributed by atoms with Gasteiger partial charge in [0.25, 0.3) is 0 Å². The van der Waals surface area contributed by atoms with Crippen LogP contribution in [0, 0.1) is 5.41 Å². The maximum atomic E-state index is 5.49. The number of rotatable bonds is 7. The molecule has 2 heterocycles. The summed E-state index contributed by atoms with van der Waals surface area (Å²) in [4.78, 5) is 11.3. The Kier molecular flexibility index (Phi) is 3.99. The molecule has 0 atom stereocenters. The molecule has 0 aromatic carbocycles. The largest absolute Gasteiger partial charge is 0.369 e. The van der Waals surface area contributed by atoms with E-state index in [0.717, 1.165) is 29.0 Å². The standard InChI is InChI=1S/C15H23N5S/c1-3-5-15(6-7-15)9-17-12-11-8-10(4-2)21-13(11)19-14(18-12)20-16/h8H,3-7,9,16H2,1-2H3,(H2,17,18,19,20). The lowest BCUT2D eigenvalue weighted by molar-refractivity contribution is 0.485. The van der Waals surface area contributed by atoms with E-state index in [1.165, 1.54) is 30.6 Å². The fraction of sp³-hybridized carbons (Fsp3) is 0.600. The smallest absolute Gasteiger partial charge is 0.240 e. The van der Waals surface area contributed by atoms with Crippen molar-refractivity contribution in [3.63, 3.8) is 0 Å². The summed E-state index contributed by atoms with van der Waals surface area (Å²) >= 11 is 1.71. The molecule has 0 aliphatic heterocycles. The predicted octanol–water partition coefficient (Wildman–Crippen LogP) is 3.53. The number of thiophene rings is 1. The maximum absolute atomic E-state index is 5.49. The molecule has 21 heavy (non-hydrogen) atoms. The molecule has 1 fully saturated rings. The van der Waals surface area contributed by atoms with E-state index >= 15 is 0 Å². The molecule has 0 spiro atoms. The second-order valence-corrected chi connectivity index (χ2v) is 7.04. The van der Waals surface area contributed by atoms with Crippen molar-refractivity contribution < 1.29 is 0 Å². The fourth-order valence-corrected chi connectivity index (χ4v) is 3.81. The van der Waals surface area contributed by atoms with Crippen LogP contribution in [0.25, 0.3) is 10.2 Å². The molecular formula is C15H23N5S. The predicted molar refractivity (Wildman–Crippen MR) is 89.7 cm³/mol. The molecule has 0 bridgehead atoms. The minimum atomic E-state index is 0.481. The van der Waals surface area contributed by atoms with Crippen molar-refractivity contribution in [1.82, 2.24) is 9.97 Å². The van der Waals surface area contributed by atoms with Crippen molar-refractivity contribution in [3.8, 4) is 0 Å². The van der Waals surface area contributed by atoms with Gasteiger partial charge in [0.2, 0.25) is 5.95 Å². The molecule has 2 aromatic rings. The average Bonchev–Trinajstić information content (AvgIpc) is 3.13. The van der Waals surface area contributed by atoms with Gasteiger partial charge in [0.05, 0.1) is 5.39 Å². The number of hydrogen-bond acceptors (Lipinski definition) is 6. The fourth-order valence-electron chi connectivity index (χ4n) is 2.84. The van der Waals surface area contributed by atoms with Gasteiger partial charge in [0.15, 0.2) is 0 Å². The maximum Gasteiger partial charge on any atom is 0.240 e. The molecule has 1 aliphatic rings. The number of nitrogen functional groups attached to an aromatic ring is 1. The minimum absolute atomic E-state index is 0.481. The highest BCUT2D eigenvalue weighted by Gasteiger charge is 2.41. The first-order valence-corrected chi connectivity index (χ1v) is 8.52. The Hall–Kier alpha value is -1.40. The van der Waals surface area contributed by atoms with E-state index in [-0.39, 0.29) is 0 Å². The summed E-state index contributed by atoms with van der Waals surface area (Å²) < 4.78 is 0. The van der Waals surface area contributed by atoms with Crippen molar-refractivity contribution in [2.24, 2.45) is 11.3 Å². The number of hydrazine groups is 1. The first-order valence-electron chi connectivity index (χ1n) is 7.70. The van der Waals surface area contributed by atoms with Gasteiger partial charge >= 0.3 is 0 Å². The molecule has 5 nitrogen and oxygen atoms in total. The van der Waals surface area contributed by atoms with Gasteiger partial charge < -0.3 is 5.32 Å². The quantitative estimate of drug-likeness (QED) is 0.539. The highest BCUT2D eigenvalue weighted by molar-refractivity contribution is 7.18. The van der Waals surface area contributed by atoms with E-state index in [9.17, 15) is 0 Å². The van der Waals surface area contributed by atoms with Gasteiger partial charge in [-0.2, -0.15) is 4.98 Å². The van der Waals surface area contributed by atoms with Crippen molar-refractivity contribution in [3.05, 3.63) is 10.9 Å². The summed E-state index contributed by atoms with van der Waals surface area (Å²) in [5, 5.41) is 4.66. The molecule has 1 saturated carbocycles.